The summed E-state index contributed by atoms with van der Waals surface area (Å²) >= 11 is 0. The van der Waals surface area contributed by atoms with Gasteiger partial charge in [0.2, 0.25) is 0 Å². The summed E-state index contributed by atoms with van der Waals surface area (Å²) in [5.74, 6) is -1.20. The van der Waals surface area contributed by atoms with Gasteiger partial charge in [0.05, 0.1) is 0 Å². The van der Waals surface area contributed by atoms with Crippen molar-refractivity contribution in [3.63, 3.8) is 0 Å². The minimum absolute atomic E-state index is 0.131. The van der Waals surface area contributed by atoms with E-state index in [-0.39, 0.29) is 23.2 Å². The van der Waals surface area contributed by atoms with Crippen LogP contribution in [0.4, 0.5) is 0 Å². The fraction of sp³-hybridized carbons (Fsp3) is 0.929. The zero-order valence-corrected chi connectivity index (χ0v) is 11.7. The van der Waals surface area contributed by atoms with Crippen molar-refractivity contribution in [2.75, 3.05) is 0 Å². The van der Waals surface area contributed by atoms with Crippen LogP contribution in [0.25, 0.3) is 0 Å². The first-order valence-corrected chi connectivity index (χ1v) is 6.57. The van der Waals surface area contributed by atoms with Crippen LogP contribution in [0.1, 0.15) is 53.9 Å². The lowest BCUT2D eigenvalue weighted by Crippen LogP contribution is -2.54. The molecule has 0 radical (unpaired) electrons. The Labute approximate surface area is 104 Å². The van der Waals surface area contributed by atoms with Crippen LogP contribution in [-0.2, 0) is 4.79 Å². The van der Waals surface area contributed by atoms with Crippen molar-refractivity contribution in [2.24, 2.45) is 23.2 Å². The SMILES string of the molecule is CC1CC(C)(C)CCC1C(O)(C(=O)O)C(C)C. The molecule has 0 amide bonds. The molecule has 3 heteroatoms. The van der Waals surface area contributed by atoms with E-state index in [1.807, 2.05) is 0 Å². The molecule has 1 saturated carbocycles. The van der Waals surface area contributed by atoms with E-state index in [1.165, 1.54) is 0 Å². The lowest BCUT2D eigenvalue weighted by molar-refractivity contribution is -0.179. The summed E-state index contributed by atoms with van der Waals surface area (Å²) in [7, 11) is 0. The molecule has 3 nitrogen and oxygen atoms in total. The number of carbonyl (C=O) groups is 1. The van der Waals surface area contributed by atoms with Crippen LogP contribution in [-0.4, -0.2) is 21.8 Å². The fourth-order valence-electron chi connectivity index (χ4n) is 3.43. The van der Waals surface area contributed by atoms with Crippen molar-refractivity contribution in [1.82, 2.24) is 0 Å². The van der Waals surface area contributed by atoms with E-state index in [0.717, 1.165) is 19.3 Å². The van der Waals surface area contributed by atoms with Gasteiger partial charge in [0.1, 0.15) is 0 Å². The Hall–Kier alpha value is -0.570. The second kappa shape index (κ2) is 4.60. The molecule has 3 atom stereocenters. The molecule has 100 valence electrons. The maximum Gasteiger partial charge on any atom is 0.336 e. The van der Waals surface area contributed by atoms with Gasteiger partial charge in [-0.2, -0.15) is 0 Å². The van der Waals surface area contributed by atoms with Crippen molar-refractivity contribution < 1.29 is 15.0 Å². The third-order valence-corrected chi connectivity index (χ3v) is 4.48. The zero-order chi connectivity index (χ0) is 13.4. The smallest absolute Gasteiger partial charge is 0.336 e. The maximum atomic E-state index is 11.4. The summed E-state index contributed by atoms with van der Waals surface area (Å²) in [6, 6.07) is 0. The lowest BCUT2D eigenvalue weighted by atomic mass is 9.61. The molecule has 0 aromatic heterocycles. The van der Waals surface area contributed by atoms with Gasteiger partial charge >= 0.3 is 5.97 Å². The van der Waals surface area contributed by atoms with Crippen molar-refractivity contribution in [3.8, 4) is 0 Å². The highest BCUT2D eigenvalue weighted by molar-refractivity contribution is 5.78. The van der Waals surface area contributed by atoms with E-state index in [1.54, 1.807) is 13.8 Å². The monoisotopic (exact) mass is 242 g/mol. The van der Waals surface area contributed by atoms with Crippen LogP contribution in [0.5, 0.6) is 0 Å². The van der Waals surface area contributed by atoms with Crippen LogP contribution in [0.2, 0.25) is 0 Å². The highest BCUT2D eigenvalue weighted by Gasteiger charge is 2.51. The van der Waals surface area contributed by atoms with Crippen molar-refractivity contribution in [2.45, 2.75) is 59.5 Å². The maximum absolute atomic E-state index is 11.4. The van der Waals surface area contributed by atoms with Crippen LogP contribution in [0.15, 0.2) is 0 Å². The minimum atomic E-state index is -1.57. The second-order valence-electron chi connectivity index (χ2n) is 6.78. The summed E-state index contributed by atoms with van der Waals surface area (Å²) in [5, 5.41) is 19.9. The number of carboxylic acids is 1. The van der Waals surface area contributed by atoms with Gasteiger partial charge in [-0.25, -0.2) is 4.79 Å². The van der Waals surface area contributed by atoms with Gasteiger partial charge in [0.25, 0.3) is 0 Å². The highest BCUT2D eigenvalue weighted by atomic mass is 16.4. The summed E-state index contributed by atoms with van der Waals surface area (Å²) in [4.78, 5) is 11.4. The van der Waals surface area contributed by atoms with Gasteiger partial charge in [-0.1, -0.05) is 34.6 Å². The molecule has 0 bridgehead atoms. The summed E-state index contributed by atoms with van der Waals surface area (Å²) < 4.78 is 0. The molecule has 0 aromatic carbocycles. The van der Waals surface area contributed by atoms with Crippen LogP contribution >= 0.6 is 0 Å². The normalized spacial score (nSPS) is 32.2. The number of aliphatic carboxylic acids is 1. The molecular formula is C14H26O3. The first kappa shape index (κ1) is 14.5. The number of hydrogen-bond donors (Lipinski definition) is 2. The molecule has 2 N–H and O–H groups in total. The number of aliphatic hydroxyl groups is 1. The topological polar surface area (TPSA) is 57.5 Å². The molecule has 17 heavy (non-hydrogen) atoms. The molecule has 0 aliphatic heterocycles. The van der Waals surface area contributed by atoms with E-state index in [9.17, 15) is 15.0 Å². The number of hydrogen-bond acceptors (Lipinski definition) is 2. The van der Waals surface area contributed by atoms with Crippen molar-refractivity contribution in [1.29, 1.82) is 0 Å². The average Bonchev–Trinajstić information content (AvgIpc) is 2.14. The summed E-state index contributed by atoms with van der Waals surface area (Å²) in [5.41, 5.74) is -1.30. The quantitative estimate of drug-likeness (QED) is 0.800. The number of rotatable bonds is 3. The molecule has 1 aliphatic rings. The van der Waals surface area contributed by atoms with E-state index >= 15 is 0 Å². The largest absolute Gasteiger partial charge is 0.479 e. The van der Waals surface area contributed by atoms with Gasteiger partial charge in [0, 0.05) is 5.92 Å². The van der Waals surface area contributed by atoms with E-state index in [0.29, 0.717) is 0 Å². The Bertz CT molecular complexity index is 296. The molecule has 0 aromatic rings. The van der Waals surface area contributed by atoms with Crippen LogP contribution < -0.4 is 0 Å². The molecule has 1 rings (SSSR count). The Morgan fingerprint density at radius 3 is 2.29 bits per heavy atom. The minimum Gasteiger partial charge on any atom is -0.479 e. The molecule has 0 spiro atoms. The van der Waals surface area contributed by atoms with Gasteiger partial charge in [-0.3, -0.25) is 0 Å². The predicted molar refractivity (Wildman–Crippen MR) is 67.7 cm³/mol. The van der Waals surface area contributed by atoms with Crippen molar-refractivity contribution >= 4 is 5.97 Å². The molecular weight excluding hydrogens is 216 g/mol. The van der Waals surface area contributed by atoms with Gasteiger partial charge in [-0.05, 0) is 36.5 Å². The fourth-order valence-corrected chi connectivity index (χ4v) is 3.43. The predicted octanol–water partition coefficient (Wildman–Crippen LogP) is 2.92. The van der Waals surface area contributed by atoms with E-state index in [4.69, 9.17) is 0 Å². The molecule has 1 aliphatic carbocycles. The third-order valence-electron chi connectivity index (χ3n) is 4.48. The summed E-state index contributed by atoms with van der Waals surface area (Å²) in [6.45, 7) is 10.1. The Morgan fingerprint density at radius 2 is 1.94 bits per heavy atom. The first-order chi connectivity index (χ1) is 7.61. The van der Waals surface area contributed by atoms with Gasteiger partial charge < -0.3 is 10.2 Å². The van der Waals surface area contributed by atoms with Crippen molar-refractivity contribution in [3.05, 3.63) is 0 Å². The Kier molecular flexibility index (Phi) is 3.92. The second-order valence-corrected chi connectivity index (χ2v) is 6.78. The average molecular weight is 242 g/mol. The number of carboxylic acid groups (broad SMARTS) is 1. The molecule has 3 unspecified atom stereocenters. The van der Waals surface area contributed by atoms with Crippen LogP contribution in [0.3, 0.4) is 0 Å². The third kappa shape index (κ3) is 2.65. The molecule has 1 fully saturated rings. The zero-order valence-electron chi connectivity index (χ0n) is 11.7. The van der Waals surface area contributed by atoms with E-state index in [2.05, 4.69) is 20.8 Å². The van der Waals surface area contributed by atoms with Gasteiger partial charge in [-0.15, -0.1) is 0 Å². The Balaban J connectivity index is 2.95. The first-order valence-electron chi connectivity index (χ1n) is 6.57. The van der Waals surface area contributed by atoms with Crippen LogP contribution in [0, 0.1) is 23.2 Å². The standard InChI is InChI=1S/C14H26O3/c1-9(2)14(17,12(15)16)11-6-7-13(4,5)8-10(11)3/h9-11,17H,6-8H2,1-5H3,(H,15,16). The lowest BCUT2D eigenvalue weighted by Gasteiger charge is -2.46. The summed E-state index contributed by atoms with van der Waals surface area (Å²) in [6.07, 6.45) is 2.78. The Morgan fingerprint density at radius 1 is 1.41 bits per heavy atom. The highest BCUT2D eigenvalue weighted by Crippen LogP contribution is 2.47. The van der Waals surface area contributed by atoms with Gasteiger partial charge in [0.15, 0.2) is 5.60 Å². The molecule has 0 saturated heterocycles. The van der Waals surface area contributed by atoms with E-state index < -0.39 is 11.6 Å². The molecule has 0 heterocycles.